The maximum atomic E-state index is 12.6. The number of nitrogens with zero attached hydrogens (tertiary/aromatic N) is 3. The molecule has 4 aromatic rings. The molecule has 4 heterocycles. The lowest BCUT2D eigenvalue weighted by Gasteiger charge is -2.09. The Bertz CT molecular complexity index is 1240. The van der Waals surface area contributed by atoms with Crippen molar-refractivity contribution in [3.63, 3.8) is 0 Å². The number of amides is 1. The highest BCUT2D eigenvalue weighted by molar-refractivity contribution is 7.18. The van der Waals surface area contributed by atoms with E-state index in [4.69, 9.17) is 0 Å². The summed E-state index contributed by atoms with van der Waals surface area (Å²) in [5, 5.41) is 13.1. The van der Waals surface area contributed by atoms with Crippen LogP contribution < -0.4 is 10.9 Å². The van der Waals surface area contributed by atoms with Crippen molar-refractivity contribution in [2.45, 2.75) is 38.5 Å². The third-order valence-corrected chi connectivity index (χ3v) is 7.00. The van der Waals surface area contributed by atoms with E-state index in [0.717, 1.165) is 34.5 Å². The lowest BCUT2D eigenvalue weighted by molar-refractivity contribution is -0.116. The highest BCUT2D eigenvalue weighted by atomic mass is 32.1. The molecule has 148 valence electrons. The van der Waals surface area contributed by atoms with E-state index in [9.17, 15) is 9.59 Å². The number of hydrogen-bond donors (Lipinski definition) is 3. The summed E-state index contributed by atoms with van der Waals surface area (Å²) < 4.78 is 0. The molecule has 0 aromatic carbocycles. The SMILES string of the molecule is O=C(CCc1nc2sc3c(c2c(=O)[nH]1)CCCC3)Nc1cn[nH]c1-c1nccs1. The van der Waals surface area contributed by atoms with Crippen LogP contribution in [-0.4, -0.2) is 31.1 Å². The van der Waals surface area contributed by atoms with E-state index in [0.29, 0.717) is 23.6 Å². The topological polar surface area (TPSA) is 116 Å². The van der Waals surface area contributed by atoms with Gasteiger partial charge in [0.05, 0.1) is 17.3 Å². The van der Waals surface area contributed by atoms with E-state index in [-0.39, 0.29) is 17.9 Å². The van der Waals surface area contributed by atoms with Gasteiger partial charge in [-0.3, -0.25) is 14.7 Å². The van der Waals surface area contributed by atoms with Gasteiger partial charge >= 0.3 is 0 Å². The van der Waals surface area contributed by atoms with E-state index < -0.39 is 0 Å². The van der Waals surface area contributed by atoms with E-state index >= 15 is 0 Å². The summed E-state index contributed by atoms with van der Waals surface area (Å²) in [6, 6.07) is 0. The van der Waals surface area contributed by atoms with Crippen molar-refractivity contribution >= 4 is 44.5 Å². The fourth-order valence-corrected chi connectivity index (χ4v) is 5.59. The fourth-order valence-electron chi connectivity index (χ4n) is 3.66. The van der Waals surface area contributed by atoms with Crippen molar-refractivity contribution in [2.75, 3.05) is 5.32 Å². The zero-order valence-corrected chi connectivity index (χ0v) is 17.1. The van der Waals surface area contributed by atoms with Gasteiger partial charge in [-0.15, -0.1) is 22.7 Å². The zero-order valence-electron chi connectivity index (χ0n) is 15.4. The molecule has 3 N–H and O–H groups in total. The van der Waals surface area contributed by atoms with Crippen LogP contribution in [0.2, 0.25) is 0 Å². The third kappa shape index (κ3) is 3.49. The Kier molecular flexibility index (Phi) is 4.72. The number of aromatic nitrogens is 5. The summed E-state index contributed by atoms with van der Waals surface area (Å²) in [7, 11) is 0. The molecule has 0 aliphatic heterocycles. The molecule has 0 spiro atoms. The molecule has 0 bridgehead atoms. The molecule has 0 fully saturated rings. The van der Waals surface area contributed by atoms with Crippen molar-refractivity contribution in [3.05, 3.63) is 44.4 Å². The van der Waals surface area contributed by atoms with Crippen molar-refractivity contribution in [2.24, 2.45) is 0 Å². The average Bonchev–Trinajstić information content (AvgIpc) is 3.45. The molecule has 0 saturated heterocycles. The maximum Gasteiger partial charge on any atom is 0.259 e. The molecule has 8 nitrogen and oxygen atoms in total. The Morgan fingerprint density at radius 1 is 1.28 bits per heavy atom. The van der Waals surface area contributed by atoms with E-state index in [1.807, 2.05) is 5.38 Å². The first-order valence-corrected chi connectivity index (χ1v) is 11.1. The van der Waals surface area contributed by atoms with Gasteiger partial charge in [0.15, 0.2) is 0 Å². The van der Waals surface area contributed by atoms with Crippen molar-refractivity contribution < 1.29 is 4.79 Å². The molecule has 1 aliphatic rings. The monoisotopic (exact) mass is 426 g/mol. The molecule has 29 heavy (non-hydrogen) atoms. The number of carbonyl (C=O) groups is 1. The second kappa shape index (κ2) is 7.53. The van der Waals surface area contributed by atoms with Crippen LogP contribution in [0.4, 0.5) is 5.69 Å². The lowest BCUT2D eigenvalue weighted by atomic mass is 9.97. The molecule has 4 aromatic heterocycles. The number of thiophene rings is 1. The standard InChI is InChI=1S/C19H18N6O2S2/c26-14(22-11-9-21-25-16(11)19-20-7-8-28-19)6-5-13-23-17(27)15-10-3-1-2-4-12(10)29-18(15)24-13/h7-9H,1-6H2,(H,21,25)(H,22,26)(H,23,24,27). The van der Waals surface area contributed by atoms with Gasteiger partial charge in [-0.25, -0.2) is 9.97 Å². The molecule has 0 radical (unpaired) electrons. The molecular formula is C19H18N6O2S2. The molecule has 5 rings (SSSR count). The number of carbonyl (C=O) groups excluding carboxylic acids is 1. The number of rotatable bonds is 5. The van der Waals surface area contributed by atoms with Crippen LogP contribution in [0.25, 0.3) is 20.9 Å². The number of H-pyrrole nitrogens is 2. The summed E-state index contributed by atoms with van der Waals surface area (Å²) in [6.07, 6.45) is 8.11. The van der Waals surface area contributed by atoms with Crippen LogP contribution in [-0.2, 0) is 24.1 Å². The van der Waals surface area contributed by atoms with Gasteiger partial charge in [0, 0.05) is 29.3 Å². The number of nitrogens with one attached hydrogen (secondary N) is 3. The van der Waals surface area contributed by atoms with E-state index in [1.165, 1.54) is 28.2 Å². The van der Waals surface area contributed by atoms with E-state index in [1.54, 1.807) is 23.7 Å². The molecular weight excluding hydrogens is 408 g/mol. The molecule has 1 aliphatic carbocycles. The zero-order chi connectivity index (χ0) is 19.8. The highest BCUT2D eigenvalue weighted by Crippen LogP contribution is 2.33. The minimum atomic E-state index is -0.169. The van der Waals surface area contributed by atoms with Gasteiger partial charge < -0.3 is 10.3 Å². The first-order valence-electron chi connectivity index (χ1n) is 9.45. The van der Waals surface area contributed by atoms with E-state index in [2.05, 4.69) is 30.5 Å². The van der Waals surface area contributed by atoms with Crippen LogP contribution in [0, 0.1) is 0 Å². The second-order valence-electron chi connectivity index (χ2n) is 6.95. The van der Waals surface area contributed by atoms with Gasteiger partial charge in [-0.2, -0.15) is 5.10 Å². The Labute approximate surface area is 173 Å². The number of thiazole rings is 1. The summed E-state index contributed by atoms with van der Waals surface area (Å²) in [5.74, 6) is 0.376. The summed E-state index contributed by atoms with van der Waals surface area (Å²) in [6.45, 7) is 0. The van der Waals surface area contributed by atoms with Gasteiger partial charge in [0.2, 0.25) is 5.91 Å². The molecule has 0 saturated carbocycles. The predicted molar refractivity (Wildman–Crippen MR) is 114 cm³/mol. The minimum Gasteiger partial charge on any atom is -0.323 e. The third-order valence-electron chi connectivity index (χ3n) is 5.02. The molecule has 1 amide bonds. The fraction of sp³-hybridized carbons (Fsp3) is 0.316. The summed E-state index contributed by atoms with van der Waals surface area (Å²) in [5.41, 5.74) is 2.35. The normalized spacial score (nSPS) is 13.5. The smallest absolute Gasteiger partial charge is 0.259 e. The van der Waals surface area contributed by atoms with Crippen molar-refractivity contribution in [3.8, 4) is 10.7 Å². The number of hydrogen-bond acceptors (Lipinski definition) is 7. The Morgan fingerprint density at radius 2 is 2.17 bits per heavy atom. The molecule has 0 unspecified atom stereocenters. The lowest BCUT2D eigenvalue weighted by Crippen LogP contribution is -2.16. The number of aryl methyl sites for hydroxylation is 3. The van der Waals surface area contributed by atoms with Gasteiger partial charge in [0.25, 0.3) is 5.56 Å². The number of fused-ring (bicyclic) bond motifs is 3. The van der Waals surface area contributed by atoms with Crippen LogP contribution in [0.3, 0.4) is 0 Å². The van der Waals surface area contributed by atoms with Crippen LogP contribution in [0.15, 0.2) is 22.6 Å². The molecule has 0 atom stereocenters. The second-order valence-corrected chi connectivity index (χ2v) is 8.93. The van der Waals surface area contributed by atoms with Crippen molar-refractivity contribution in [1.29, 1.82) is 0 Å². The minimum absolute atomic E-state index is 0.0919. The summed E-state index contributed by atoms with van der Waals surface area (Å²) in [4.78, 5) is 38.8. The van der Waals surface area contributed by atoms with Gasteiger partial charge in [0.1, 0.15) is 21.4 Å². The quantitative estimate of drug-likeness (QED) is 0.453. The number of aromatic amines is 2. The first-order chi connectivity index (χ1) is 14.2. The summed E-state index contributed by atoms with van der Waals surface area (Å²) >= 11 is 3.08. The van der Waals surface area contributed by atoms with Crippen LogP contribution in [0.1, 0.15) is 35.5 Å². The average molecular weight is 427 g/mol. The Balaban J connectivity index is 1.30. The maximum absolute atomic E-state index is 12.6. The Morgan fingerprint density at radius 3 is 3.03 bits per heavy atom. The first kappa shape index (κ1) is 18.2. The van der Waals surface area contributed by atoms with Crippen LogP contribution in [0.5, 0.6) is 0 Å². The molecule has 10 heteroatoms. The van der Waals surface area contributed by atoms with Crippen LogP contribution >= 0.6 is 22.7 Å². The van der Waals surface area contributed by atoms with Crippen molar-refractivity contribution in [1.82, 2.24) is 25.1 Å². The van der Waals surface area contributed by atoms with Gasteiger partial charge in [-0.1, -0.05) is 0 Å². The largest absolute Gasteiger partial charge is 0.323 e. The number of anilines is 1. The highest BCUT2D eigenvalue weighted by Gasteiger charge is 2.20. The Hall–Kier alpha value is -2.85. The van der Waals surface area contributed by atoms with Gasteiger partial charge in [-0.05, 0) is 31.2 Å². The predicted octanol–water partition coefficient (Wildman–Crippen LogP) is 3.28.